The van der Waals surface area contributed by atoms with Gasteiger partial charge in [0.2, 0.25) is 0 Å². The zero-order valence-corrected chi connectivity index (χ0v) is 11.1. The lowest BCUT2D eigenvalue weighted by atomic mass is 10.2. The summed E-state index contributed by atoms with van der Waals surface area (Å²) in [6, 6.07) is 14.4. The van der Waals surface area contributed by atoms with E-state index in [1.165, 1.54) is 0 Å². The molecule has 0 radical (unpaired) electrons. The van der Waals surface area contributed by atoms with Crippen molar-refractivity contribution in [2.75, 3.05) is 5.32 Å². The fraction of sp³-hybridized carbons (Fsp3) is 0. The van der Waals surface area contributed by atoms with Crippen LogP contribution < -0.4 is 5.32 Å². The molecule has 0 unspecified atom stereocenters. The maximum Gasteiger partial charge on any atom is 0.257 e. The molecule has 0 aliphatic carbocycles. The minimum atomic E-state index is -0.214. The Labute approximate surface area is 113 Å². The number of carbonyl (C=O) groups is 1. The summed E-state index contributed by atoms with van der Waals surface area (Å²) in [5, 5.41) is 3.20. The van der Waals surface area contributed by atoms with Gasteiger partial charge in [-0.2, -0.15) is 0 Å². The third-order valence-corrected chi connectivity index (χ3v) is 3.01. The Hall–Kier alpha value is -1.32. The van der Waals surface area contributed by atoms with E-state index >= 15 is 0 Å². The summed E-state index contributed by atoms with van der Waals surface area (Å²) in [6.07, 6.45) is 0. The zero-order valence-electron chi connectivity index (χ0n) is 8.78. The highest BCUT2D eigenvalue weighted by atomic mass is 79.9. The quantitative estimate of drug-likeness (QED) is 0.877. The molecule has 2 aromatic carbocycles. The molecule has 0 heterocycles. The highest BCUT2D eigenvalue weighted by Crippen LogP contribution is 2.22. The van der Waals surface area contributed by atoms with E-state index < -0.39 is 0 Å². The van der Waals surface area contributed by atoms with Crippen molar-refractivity contribution in [3.8, 4) is 0 Å². The van der Waals surface area contributed by atoms with Crippen LogP contribution in [0, 0.1) is 0 Å². The molecule has 2 nitrogen and oxygen atoms in total. The Balaban J connectivity index is 2.21. The Bertz CT molecular complexity index is 542. The zero-order chi connectivity index (χ0) is 12.3. The number of rotatable bonds is 2. The Morgan fingerprint density at radius 2 is 1.82 bits per heavy atom. The van der Waals surface area contributed by atoms with E-state index in [4.69, 9.17) is 11.6 Å². The second-order valence-corrected chi connectivity index (χ2v) is 4.77. The van der Waals surface area contributed by atoms with Crippen LogP contribution in [0.5, 0.6) is 0 Å². The van der Waals surface area contributed by atoms with Crippen LogP contribution in [0.2, 0.25) is 5.02 Å². The average molecular weight is 311 g/mol. The molecular formula is C13H9BrClNO. The standard InChI is InChI=1S/C13H9BrClNO/c14-9-6-7-11(12(15)8-9)13(17)16-10-4-2-1-3-5-10/h1-8H,(H,16,17). The third kappa shape index (κ3) is 3.08. The van der Waals surface area contributed by atoms with Crippen molar-refractivity contribution in [2.45, 2.75) is 0 Å². The maximum absolute atomic E-state index is 11.9. The number of anilines is 1. The van der Waals surface area contributed by atoms with E-state index in [1.54, 1.807) is 18.2 Å². The summed E-state index contributed by atoms with van der Waals surface area (Å²) >= 11 is 9.30. The van der Waals surface area contributed by atoms with E-state index in [9.17, 15) is 4.79 Å². The van der Waals surface area contributed by atoms with Gasteiger partial charge >= 0.3 is 0 Å². The lowest BCUT2D eigenvalue weighted by Crippen LogP contribution is -2.12. The molecule has 2 rings (SSSR count). The average Bonchev–Trinajstić information content (AvgIpc) is 2.30. The molecule has 0 spiro atoms. The number of para-hydroxylation sites is 1. The molecule has 4 heteroatoms. The van der Waals surface area contributed by atoms with Crippen LogP contribution in [-0.2, 0) is 0 Å². The molecule has 1 amide bonds. The van der Waals surface area contributed by atoms with Crippen molar-refractivity contribution in [1.82, 2.24) is 0 Å². The highest BCUT2D eigenvalue weighted by molar-refractivity contribution is 9.10. The smallest absolute Gasteiger partial charge is 0.257 e. The second-order valence-electron chi connectivity index (χ2n) is 3.44. The van der Waals surface area contributed by atoms with Gasteiger partial charge in [0.25, 0.3) is 5.91 Å². The molecule has 2 aromatic rings. The van der Waals surface area contributed by atoms with Gasteiger partial charge in [-0.05, 0) is 30.3 Å². The molecule has 0 aromatic heterocycles. The first-order valence-corrected chi connectivity index (χ1v) is 6.15. The van der Waals surface area contributed by atoms with Crippen LogP contribution in [-0.4, -0.2) is 5.91 Å². The minimum Gasteiger partial charge on any atom is -0.322 e. The van der Waals surface area contributed by atoms with Gasteiger partial charge < -0.3 is 5.32 Å². The van der Waals surface area contributed by atoms with Gasteiger partial charge in [-0.3, -0.25) is 4.79 Å². The van der Waals surface area contributed by atoms with Crippen molar-refractivity contribution in [3.05, 3.63) is 63.6 Å². The summed E-state index contributed by atoms with van der Waals surface area (Å²) in [5.74, 6) is -0.214. The van der Waals surface area contributed by atoms with Crippen molar-refractivity contribution >= 4 is 39.1 Å². The van der Waals surface area contributed by atoms with Gasteiger partial charge in [0.1, 0.15) is 0 Å². The summed E-state index contributed by atoms with van der Waals surface area (Å²) in [7, 11) is 0. The minimum absolute atomic E-state index is 0.214. The number of hydrogen-bond acceptors (Lipinski definition) is 1. The summed E-state index contributed by atoms with van der Waals surface area (Å²) < 4.78 is 0.846. The van der Waals surface area contributed by atoms with E-state index in [0.717, 1.165) is 10.2 Å². The van der Waals surface area contributed by atoms with Gasteiger partial charge in [-0.15, -0.1) is 0 Å². The Morgan fingerprint density at radius 1 is 1.12 bits per heavy atom. The van der Waals surface area contributed by atoms with Gasteiger partial charge in [0.15, 0.2) is 0 Å². The molecule has 0 atom stereocenters. The molecule has 0 saturated carbocycles. The molecule has 86 valence electrons. The van der Waals surface area contributed by atoms with Crippen molar-refractivity contribution in [2.24, 2.45) is 0 Å². The van der Waals surface area contributed by atoms with E-state index in [-0.39, 0.29) is 5.91 Å². The molecule has 0 saturated heterocycles. The Kier molecular flexibility index (Phi) is 3.82. The van der Waals surface area contributed by atoms with Gasteiger partial charge in [0, 0.05) is 10.2 Å². The number of carbonyl (C=O) groups excluding carboxylic acids is 1. The SMILES string of the molecule is O=C(Nc1ccccc1)c1ccc(Br)cc1Cl. The monoisotopic (exact) mass is 309 g/mol. The van der Waals surface area contributed by atoms with Crippen LogP contribution in [0.1, 0.15) is 10.4 Å². The maximum atomic E-state index is 11.9. The first kappa shape index (κ1) is 12.1. The summed E-state index contributed by atoms with van der Waals surface area (Å²) in [5.41, 5.74) is 1.20. The number of hydrogen-bond donors (Lipinski definition) is 1. The van der Waals surface area contributed by atoms with E-state index in [2.05, 4.69) is 21.2 Å². The molecule has 0 bridgehead atoms. The number of halogens is 2. The predicted molar refractivity (Wildman–Crippen MR) is 73.5 cm³/mol. The van der Waals surface area contributed by atoms with Crippen molar-refractivity contribution in [1.29, 1.82) is 0 Å². The van der Waals surface area contributed by atoms with Gasteiger partial charge in [-0.1, -0.05) is 45.7 Å². The van der Waals surface area contributed by atoms with Gasteiger partial charge in [0.05, 0.1) is 10.6 Å². The van der Waals surface area contributed by atoms with Gasteiger partial charge in [-0.25, -0.2) is 0 Å². The molecule has 0 aliphatic heterocycles. The fourth-order valence-corrected chi connectivity index (χ4v) is 2.15. The lowest BCUT2D eigenvalue weighted by Gasteiger charge is -2.06. The molecule has 0 fully saturated rings. The highest BCUT2D eigenvalue weighted by Gasteiger charge is 2.10. The summed E-state index contributed by atoms with van der Waals surface area (Å²) in [4.78, 5) is 11.9. The first-order chi connectivity index (χ1) is 8.16. The molecular weight excluding hydrogens is 302 g/mol. The molecule has 1 N–H and O–H groups in total. The van der Waals surface area contributed by atoms with E-state index in [1.807, 2.05) is 30.3 Å². The molecule has 0 aliphatic rings. The van der Waals surface area contributed by atoms with Crippen LogP contribution in [0.15, 0.2) is 53.0 Å². The van der Waals surface area contributed by atoms with Crippen LogP contribution in [0.25, 0.3) is 0 Å². The molecule has 17 heavy (non-hydrogen) atoms. The topological polar surface area (TPSA) is 29.1 Å². The number of benzene rings is 2. The first-order valence-electron chi connectivity index (χ1n) is 4.98. The van der Waals surface area contributed by atoms with E-state index in [0.29, 0.717) is 10.6 Å². The van der Waals surface area contributed by atoms with Crippen molar-refractivity contribution < 1.29 is 4.79 Å². The third-order valence-electron chi connectivity index (χ3n) is 2.21. The largest absolute Gasteiger partial charge is 0.322 e. The fourth-order valence-electron chi connectivity index (χ4n) is 1.39. The van der Waals surface area contributed by atoms with Crippen molar-refractivity contribution in [3.63, 3.8) is 0 Å². The lowest BCUT2D eigenvalue weighted by molar-refractivity contribution is 0.102. The summed E-state index contributed by atoms with van der Waals surface area (Å²) in [6.45, 7) is 0. The van der Waals surface area contributed by atoms with Crippen LogP contribution >= 0.6 is 27.5 Å². The normalized spacial score (nSPS) is 10.0. The number of amides is 1. The Morgan fingerprint density at radius 3 is 2.47 bits per heavy atom. The number of nitrogens with one attached hydrogen (secondary N) is 1. The predicted octanol–water partition coefficient (Wildman–Crippen LogP) is 4.35. The van der Waals surface area contributed by atoms with Crippen LogP contribution in [0.4, 0.5) is 5.69 Å². The second kappa shape index (κ2) is 5.34. The van der Waals surface area contributed by atoms with Crippen LogP contribution in [0.3, 0.4) is 0 Å².